The average Bonchev–Trinajstić information content (AvgIpc) is 1.96. The highest BCUT2D eigenvalue weighted by Gasteiger charge is 2.16. The zero-order valence-electron chi connectivity index (χ0n) is 9.44. The first kappa shape index (κ1) is 12.1. The van der Waals surface area contributed by atoms with Gasteiger partial charge in [-0.15, -0.1) is 0 Å². The molecule has 0 radical (unpaired) electrons. The van der Waals surface area contributed by atoms with Crippen molar-refractivity contribution in [3.05, 3.63) is 12.1 Å². The summed E-state index contributed by atoms with van der Waals surface area (Å²) in [5.74, 6) is 0.191. The number of aromatic hydroxyl groups is 1. The number of anilines is 2. The fourth-order valence-corrected chi connectivity index (χ4v) is 1.01. The van der Waals surface area contributed by atoms with Gasteiger partial charge in [0.15, 0.2) is 0 Å². The Morgan fingerprint density at radius 2 is 2.12 bits per heavy atom. The number of carbonyl (C=O) groups is 1. The van der Waals surface area contributed by atoms with Crippen LogP contribution in [0.5, 0.6) is 5.75 Å². The molecule has 0 fully saturated rings. The van der Waals surface area contributed by atoms with Crippen molar-refractivity contribution in [2.24, 2.45) is 0 Å². The normalized spacial score (nSPS) is 10.9. The van der Waals surface area contributed by atoms with Gasteiger partial charge in [-0.25, -0.2) is 9.78 Å². The van der Waals surface area contributed by atoms with Gasteiger partial charge in [-0.1, -0.05) is 0 Å². The molecule has 6 nitrogen and oxygen atoms in total. The van der Waals surface area contributed by atoms with E-state index in [-0.39, 0.29) is 17.4 Å². The standard InChI is InChI=1S/C10H15N3O3/c1-10(2,3)16-9(15)13-8-5-6(14)4-7(11)12-8/h4-5H,1-3H3,(H4,11,12,13,14,15). The number of nitrogens with two attached hydrogens (primary N) is 1. The molecule has 0 aliphatic heterocycles. The van der Waals surface area contributed by atoms with Gasteiger partial charge in [0, 0.05) is 12.1 Å². The Bertz CT molecular complexity index is 379. The molecule has 1 aromatic rings. The lowest BCUT2D eigenvalue weighted by molar-refractivity contribution is 0.0635. The number of nitrogens with one attached hydrogen (secondary N) is 1. The maximum atomic E-state index is 11.4. The number of rotatable bonds is 1. The Morgan fingerprint density at radius 3 is 2.62 bits per heavy atom. The summed E-state index contributed by atoms with van der Waals surface area (Å²) in [6.07, 6.45) is -0.648. The number of carbonyl (C=O) groups excluding carboxylic acids is 1. The molecule has 6 heteroatoms. The Kier molecular flexibility index (Phi) is 3.22. The summed E-state index contributed by atoms with van der Waals surface area (Å²) >= 11 is 0. The molecule has 0 bridgehead atoms. The van der Waals surface area contributed by atoms with Gasteiger partial charge in [0.25, 0.3) is 0 Å². The first-order chi connectivity index (χ1) is 7.26. The van der Waals surface area contributed by atoms with Crippen molar-refractivity contribution in [1.82, 2.24) is 4.98 Å². The summed E-state index contributed by atoms with van der Waals surface area (Å²) in [7, 11) is 0. The van der Waals surface area contributed by atoms with Crippen LogP contribution in [0.1, 0.15) is 20.8 Å². The minimum atomic E-state index is -0.648. The summed E-state index contributed by atoms with van der Waals surface area (Å²) in [5, 5.41) is 11.6. The maximum absolute atomic E-state index is 11.4. The summed E-state index contributed by atoms with van der Waals surface area (Å²) in [5.41, 5.74) is 4.81. The number of nitrogens with zero attached hydrogens (tertiary/aromatic N) is 1. The third kappa shape index (κ3) is 4.04. The van der Waals surface area contributed by atoms with Crippen molar-refractivity contribution in [2.75, 3.05) is 11.1 Å². The number of pyridine rings is 1. The molecular formula is C10H15N3O3. The van der Waals surface area contributed by atoms with Crippen molar-refractivity contribution >= 4 is 17.7 Å². The van der Waals surface area contributed by atoms with Gasteiger partial charge in [0.05, 0.1) is 0 Å². The van der Waals surface area contributed by atoms with Crippen LogP contribution in [0.25, 0.3) is 0 Å². The van der Waals surface area contributed by atoms with Gasteiger partial charge >= 0.3 is 6.09 Å². The second-order valence-electron chi connectivity index (χ2n) is 4.26. The minimum Gasteiger partial charge on any atom is -0.508 e. The Morgan fingerprint density at radius 1 is 1.50 bits per heavy atom. The zero-order valence-corrected chi connectivity index (χ0v) is 9.44. The third-order valence-corrected chi connectivity index (χ3v) is 1.46. The molecule has 16 heavy (non-hydrogen) atoms. The highest BCUT2D eigenvalue weighted by molar-refractivity contribution is 5.84. The van der Waals surface area contributed by atoms with Gasteiger partial charge in [-0.3, -0.25) is 5.32 Å². The van der Waals surface area contributed by atoms with E-state index in [4.69, 9.17) is 10.5 Å². The predicted octanol–water partition coefficient (Wildman–Crippen LogP) is 1.72. The Hall–Kier alpha value is -1.98. The molecule has 0 saturated heterocycles. The highest BCUT2D eigenvalue weighted by atomic mass is 16.6. The highest BCUT2D eigenvalue weighted by Crippen LogP contribution is 2.17. The molecule has 0 aliphatic rings. The van der Waals surface area contributed by atoms with Gasteiger partial charge in [-0.05, 0) is 20.8 Å². The van der Waals surface area contributed by atoms with Crippen LogP contribution >= 0.6 is 0 Å². The van der Waals surface area contributed by atoms with Crippen LogP contribution in [-0.4, -0.2) is 21.8 Å². The van der Waals surface area contributed by atoms with Crippen LogP contribution in [0, 0.1) is 0 Å². The van der Waals surface area contributed by atoms with Crippen LogP contribution in [0.2, 0.25) is 0 Å². The topological polar surface area (TPSA) is 97.5 Å². The minimum absolute atomic E-state index is 0.0708. The Balaban J connectivity index is 2.70. The Labute approximate surface area is 93.4 Å². The molecule has 0 aliphatic carbocycles. The van der Waals surface area contributed by atoms with Gasteiger partial charge in [0.2, 0.25) is 0 Å². The van der Waals surface area contributed by atoms with E-state index >= 15 is 0 Å². The number of amides is 1. The number of hydrogen-bond donors (Lipinski definition) is 3. The fraction of sp³-hybridized carbons (Fsp3) is 0.400. The summed E-state index contributed by atoms with van der Waals surface area (Å²) < 4.78 is 5.01. The molecule has 1 aromatic heterocycles. The van der Waals surface area contributed by atoms with Crippen LogP contribution < -0.4 is 11.1 Å². The zero-order chi connectivity index (χ0) is 12.3. The molecule has 1 rings (SSSR count). The van der Waals surface area contributed by atoms with E-state index in [1.807, 2.05) is 0 Å². The molecule has 0 spiro atoms. The molecule has 0 atom stereocenters. The SMILES string of the molecule is CC(C)(C)OC(=O)Nc1cc(O)cc(N)n1. The first-order valence-corrected chi connectivity index (χ1v) is 4.73. The summed E-state index contributed by atoms with van der Waals surface area (Å²) in [4.78, 5) is 15.2. The number of hydrogen-bond acceptors (Lipinski definition) is 5. The van der Waals surface area contributed by atoms with E-state index in [1.165, 1.54) is 12.1 Å². The lowest BCUT2D eigenvalue weighted by Gasteiger charge is -2.19. The van der Waals surface area contributed by atoms with E-state index in [1.54, 1.807) is 20.8 Å². The lowest BCUT2D eigenvalue weighted by atomic mass is 10.2. The largest absolute Gasteiger partial charge is 0.508 e. The van der Waals surface area contributed by atoms with Crippen LogP contribution in [-0.2, 0) is 4.74 Å². The molecular weight excluding hydrogens is 210 g/mol. The van der Waals surface area contributed by atoms with Gasteiger partial charge < -0.3 is 15.6 Å². The average molecular weight is 225 g/mol. The number of ether oxygens (including phenoxy) is 1. The summed E-state index contributed by atoms with van der Waals surface area (Å²) in [6, 6.07) is 2.56. The maximum Gasteiger partial charge on any atom is 0.413 e. The van der Waals surface area contributed by atoms with E-state index in [2.05, 4.69) is 10.3 Å². The van der Waals surface area contributed by atoms with Crippen molar-refractivity contribution in [3.63, 3.8) is 0 Å². The smallest absolute Gasteiger partial charge is 0.413 e. The second kappa shape index (κ2) is 4.26. The molecule has 0 saturated carbocycles. The molecule has 88 valence electrons. The van der Waals surface area contributed by atoms with Crippen LogP contribution in [0.15, 0.2) is 12.1 Å². The van der Waals surface area contributed by atoms with Crippen molar-refractivity contribution in [3.8, 4) is 5.75 Å². The number of aromatic nitrogens is 1. The van der Waals surface area contributed by atoms with Gasteiger partial charge in [-0.2, -0.15) is 0 Å². The van der Waals surface area contributed by atoms with Crippen molar-refractivity contribution in [1.29, 1.82) is 0 Å². The monoisotopic (exact) mass is 225 g/mol. The molecule has 1 heterocycles. The molecule has 4 N–H and O–H groups in total. The predicted molar refractivity (Wildman–Crippen MR) is 60.2 cm³/mol. The van der Waals surface area contributed by atoms with E-state index in [9.17, 15) is 9.90 Å². The van der Waals surface area contributed by atoms with Crippen LogP contribution in [0.3, 0.4) is 0 Å². The molecule has 1 amide bonds. The van der Waals surface area contributed by atoms with Crippen molar-refractivity contribution < 1.29 is 14.6 Å². The van der Waals surface area contributed by atoms with Crippen LogP contribution in [0.4, 0.5) is 16.4 Å². The molecule has 0 unspecified atom stereocenters. The summed E-state index contributed by atoms with van der Waals surface area (Å²) in [6.45, 7) is 5.24. The van der Waals surface area contributed by atoms with Crippen molar-refractivity contribution in [2.45, 2.75) is 26.4 Å². The fourth-order valence-electron chi connectivity index (χ4n) is 1.01. The quantitative estimate of drug-likeness (QED) is 0.676. The lowest BCUT2D eigenvalue weighted by Crippen LogP contribution is -2.27. The van der Waals surface area contributed by atoms with E-state index < -0.39 is 11.7 Å². The second-order valence-corrected chi connectivity index (χ2v) is 4.26. The van der Waals surface area contributed by atoms with E-state index in [0.717, 1.165) is 0 Å². The third-order valence-electron chi connectivity index (χ3n) is 1.46. The van der Waals surface area contributed by atoms with Gasteiger partial charge in [0.1, 0.15) is 23.0 Å². The first-order valence-electron chi connectivity index (χ1n) is 4.73. The molecule has 0 aromatic carbocycles. The van der Waals surface area contributed by atoms with E-state index in [0.29, 0.717) is 0 Å². The number of nitrogen functional groups attached to an aromatic ring is 1.